The number of rotatable bonds is 5. The summed E-state index contributed by atoms with van der Waals surface area (Å²) in [6.07, 6.45) is 3.39. The Kier molecular flexibility index (Phi) is 5.09. The number of aliphatic hydroxyl groups is 2. The minimum absolute atomic E-state index is 0.100. The SMILES string of the molecule is OCC1(NCC(O)c2cc(Cl)ccc2Cl)CCCC1. The molecule has 5 heteroatoms. The van der Waals surface area contributed by atoms with Crippen molar-refractivity contribution in [3.63, 3.8) is 0 Å². The van der Waals surface area contributed by atoms with Crippen LogP contribution in [-0.4, -0.2) is 28.9 Å². The van der Waals surface area contributed by atoms with E-state index >= 15 is 0 Å². The fourth-order valence-electron chi connectivity index (χ4n) is 2.64. The Morgan fingerprint density at radius 2 is 1.95 bits per heavy atom. The third kappa shape index (κ3) is 3.61. The summed E-state index contributed by atoms with van der Waals surface area (Å²) in [5.74, 6) is 0. The van der Waals surface area contributed by atoms with Crippen LogP contribution in [0.25, 0.3) is 0 Å². The zero-order valence-electron chi connectivity index (χ0n) is 10.7. The monoisotopic (exact) mass is 303 g/mol. The lowest BCUT2D eigenvalue weighted by Crippen LogP contribution is -2.47. The molecule has 0 heterocycles. The average Bonchev–Trinajstić information content (AvgIpc) is 2.88. The van der Waals surface area contributed by atoms with Crippen LogP contribution in [0.2, 0.25) is 10.0 Å². The Hall–Kier alpha value is -0.320. The number of hydrogen-bond acceptors (Lipinski definition) is 3. The highest BCUT2D eigenvalue weighted by molar-refractivity contribution is 6.33. The van der Waals surface area contributed by atoms with E-state index in [0.29, 0.717) is 22.2 Å². The van der Waals surface area contributed by atoms with Gasteiger partial charge < -0.3 is 15.5 Å². The van der Waals surface area contributed by atoms with Crippen molar-refractivity contribution in [3.8, 4) is 0 Å². The Morgan fingerprint density at radius 1 is 1.26 bits per heavy atom. The largest absolute Gasteiger partial charge is 0.394 e. The molecule has 3 N–H and O–H groups in total. The molecule has 1 aromatic carbocycles. The molecule has 1 aliphatic rings. The molecule has 19 heavy (non-hydrogen) atoms. The van der Waals surface area contributed by atoms with Gasteiger partial charge in [-0.3, -0.25) is 0 Å². The van der Waals surface area contributed by atoms with Gasteiger partial charge in [0, 0.05) is 27.7 Å². The van der Waals surface area contributed by atoms with E-state index in [1.807, 2.05) is 0 Å². The highest BCUT2D eigenvalue weighted by atomic mass is 35.5. The Labute approximate surface area is 123 Å². The summed E-state index contributed by atoms with van der Waals surface area (Å²) in [4.78, 5) is 0. The second-order valence-electron chi connectivity index (χ2n) is 5.21. The first-order valence-electron chi connectivity index (χ1n) is 6.55. The molecule has 0 aromatic heterocycles. The molecular weight excluding hydrogens is 285 g/mol. The van der Waals surface area contributed by atoms with Crippen LogP contribution in [-0.2, 0) is 0 Å². The van der Waals surface area contributed by atoms with Gasteiger partial charge in [-0.15, -0.1) is 0 Å². The number of aliphatic hydroxyl groups excluding tert-OH is 2. The van der Waals surface area contributed by atoms with E-state index in [1.165, 1.54) is 0 Å². The lowest BCUT2D eigenvalue weighted by Gasteiger charge is -2.29. The van der Waals surface area contributed by atoms with Crippen LogP contribution < -0.4 is 5.32 Å². The summed E-state index contributed by atoms with van der Waals surface area (Å²) >= 11 is 12.0. The molecule has 0 amide bonds. The molecule has 1 aliphatic carbocycles. The molecule has 1 aromatic rings. The number of hydrogen-bond donors (Lipinski definition) is 3. The Morgan fingerprint density at radius 3 is 2.58 bits per heavy atom. The Balaban J connectivity index is 2.00. The summed E-state index contributed by atoms with van der Waals surface area (Å²) in [5.41, 5.74) is 0.374. The van der Waals surface area contributed by atoms with Crippen LogP contribution in [0.4, 0.5) is 0 Å². The van der Waals surface area contributed by atoms with E-state index in [2.05, 4.69) is 5.32 Å². The van der Waals surface area contributed by atoms with Crippen molar-refractivity contribution < 1.29 is 10.2 Å². The van der Waals surface area contributed by atoms with E-state index in [-0.39, 0.29) is 12.1 Å². The van der Waals surface area contributed by atoms with E-state index in [4.69, 9.17) is 23.2 Å². The molecule has 106 valence electrons. The van der Waals surface area contributed by atoms with Gasteiger partial charge in [-0.05, 0) is 31.0 Å². The van der Waals surface area contributed by atoms with E-state index in [9.17, 15) is 10.2 Å². The van der Waals surface area contributed by atoms with Crippen molar-refractivity contribution in [1.29, 1.82) is 0 Å². The quantitative estimate of drug-likeness (QED) is 0.784. The molecule has 1 saturated carbocycles. The molecule has 0 radical (unpaired) electrons. The highest BCUT2D eigenvalue weighted by Crippen LogP contribution is 2.31. The number of halogens is 2. The van der Waals surface area contributed by atoms with Crippen LogP contribution in [0, 0.1) is 0 Å². The van der Waals surface area contributed by atoms with Crippen molar-refractivity contribution in [2.75, 3.05) is 13.2 Å². The van der Waals surface area contributed by atoms with Crippen molar-refractivity contribution in [3.05, 3.63) is 33.8 Å². The summed E-state index contributed by atoms with van der Waals surface area (Å²) in [7, 11) is 0. The number of nitrogens with one attached hydrogen (secondary N) is 1. The maximum Gasteiger partial charge on any atom is 0.0929 e. The molecule has 3 nitrogen and oxygen atoms in total. The van der Waals surface area contributed by atoms with Gasteiger partial charge in [0.1, 0.15) is 0 Å². The molecule has 0 saturated heterocycles. The number of β-amino-alcohol motifs (C(OH)–C–C–N with tert-alkyl or cyclic N) is 1. The van der Waals surface area contributed by atoms with E-state index in [0.717, 1.165) is 25.7 Å². The molecule has 0 aliphatic heterocycles. The highest BCUT2D eigenvalue weighted by Gasteiger charge is 2.33. The minimum atomic E-state index is -0.727. The smallest absolute Gasteiger partial charge is 0.0929 e. The fraction of sp³-hybridized carbons (Fsp3) is 0.571. The van der Waals surface area contributed by atoms with Crippen molar-refractivity contribution in [2.24, 2.45) is 0 Å². The lowest BCUT2D eigenvalue weighted by molar-refractivity contribution is 0.122. The topological polar surface area (TPSA) is 52.5 Å². The summed E-state index contributed by atoms with van der Waals surface area (Å²) in [5, 5.41) is 24.1. The van der Waals surface area contributed by atoms with Crippen LogP contribution in [0.15, 0.2) is 18.2 Å². The molecule has 1 unspecified atom stereocenters. The van der Waals surface area contributed by atoms with Gasteiger partial charge in [0.15, 0.2) is 0 Å². The van der Waals surface area contributed by atoms with Crippen molar-refractivity contribution in [2.45, 2.75) is 37.3 Å². The molecule has 1 fully saturated rings. The van der Waals surface area contributed by atoms with Gasteiger partial charge in [-0.2, -0.15) is 0 Å². The fourth-order valence-corrected chi connectivity index (χ4v) is 3.06. The van der Waals surface area contributed by atoms with E-state index < -0.39 is 6.10 Å². The first-order valence-corrected chi connectivity index (χ1v) is 7.31. The van der Waals surface area contributed by atoms with Gasteiger partial charge in [0.25, 0.3) is 0 Å². The maximum absolute atomic E-state index is 10.2. The second kappa shape index (κ2) is 6.42. The van der Waals surface area contributed by atoms with Crippen LogP contribution in [0.5, 0.6) is 0 Å². The molecular formula is C14H19Cl2NO2. The van der Waals surface area contributed by atoms with Crippen molar-refractivity contribution in [1.82, 2.24) is 5.32 Å². The van der Waals surface area contributed by atoms with Gasteiger partial charge in [-0.25, -0.2) is 0 Å². The van der Waals surface area contributed by atoms with E-state index in [1.54, 1.807) is 18.2 Å². The number of benzene rings is 1. The average molecular weight is 304 g/mol. The Bertz CT molecular complexity index is 433. The maximum atomic E-state index is 10.2. The molecule has 0 bridgehead atoms. The normalized spacial score (nSPS) is 19.6. The molecule has 2 rings (SSSR count). The third-order valence-corrected chi connectivity index (χ3v) is 4.43. The zero-order valence-corrected chi connectivity index (χ0v) is 12.2. The molecule has 1 atom stereocenters. The predicted molar refractivity (Wildman–Crippen MR) is 77.7 cm³/mol. The van der Waals surface area contributed by atoms with Gasteiger partial charge >= 0.3 is 0 Å². The standard InChI is InChI=1S/C14H19Cl2NO2/c15-10-3-4-12(16)11(7-10)13(19)8-17-14(9-18)5-1-2-6-14/h3-4,7,13,17-19H,1-2,5-6,8-9H2. The minimum Gasteiger partial charge on any atom is -0.394 e. The summed E-state index contributed by atoms with van der Waals surface area (Å²) in [6.45, 7) is 0.462. The predicted octanol–water partition coefficient (Wildman–Crippen LogP) is 2.92. The van der Waals surface area contributed by atoms with Gasteiger partial charge in [0.2, 0.25) is 0 Å². The summed E-state index contributed by atoms with van der Waals surface area (Å²) in [6, 6.07) is 5.05. The first-order chi connectivity index (χ1) is 9.06. The lowest BCUT2D eigenvalue weighted by atomic mass is 9.98. The summed E-state index contributed by atoms with van der Waals surface area (Å²) < 4.78 is 0. The van der Waals surface area contributed by atoms with Crippen LogP contribution in [0.1, 0.15) is 37.4 Å². The van der Waals surface area contributed by atoms with Crippen LogP contribution in [0.3, 0.4) is 0 Å². The molecule has 0 spiro atoms. The van der Waals surface area contributed by atoms with Gasteiger partial charge in [0.05, 0.1) is 12.7 Å². The van der Waals surface area contributed by atoms with Gasteiger partial charge in [-0.1, -0.05) is 36.0 Å². The zero-order chi connectivity index (χ0) is 13.9. The second-order valence-corrected chi connectivity index (χ2v) is 6.05. The van der Waals surface area contributed by atoms with Crippen molar-refractivity contribution >= 4 is 23.2 Å². The first kappa shape index (κ1) is 15.1. The third-order valence-electron chi connectivity index (χ3n) is 3.85. The van der Waals surface area contributed by atoms with Crippen LogP contribution >= 0.6 is 23.2 Å².